The first-order valence-electron chi connectivity index (χ1n) is 6.35. The third kappa shape index (κ3) is 2.85. The molecule has 2 N–H and O–H groups in total. The fourth-order valence-corrected chi connectivity index (χ4v) is 1.94. The molecule has 18 heavy (non-hydrogen) atoms. The van der Waals surface area contributed by atoms with Gasteiger partial charge < -0.3 is 10.3 Å². The number of nitrogens with zero attached hydrogens (tertiary/aromatic N) is 4. The van der Waals surface area contributed by atoms with Gasteiger partial charge in [0.1, 0.15) is 17.5 Å². The fourth-order valence-electron chi connectivity index (χ4n) is 1.94. The number of anilines is 1. The van der Waals surface area contributed by atoms with E-state index in [0.29, 0.717) is 12.2 Å². The molecule has 0 aromatic carbocycles. The largest absolute Gasteiger partial charge is 0.384 e. The summed E-state index contributed by atoms with van der Waals surface area (Å²) in [6, 6.07) is 1.82. The van der Waals surface area contributed by atoms with Crippen LogP contribution in [-0.2, 0) is 19.4 Å². The molecule has 2 aromatic rings. The first-order valence-corrected chi connectivity index (χ1v) is 6.35. The first-order chi connectivity index (χ1) is 8.72. The van der Waals surface area contributed by atoms with Gasteiger partial charge in [-0.05, 0) is 6.42 Å². The Kier molecular flexibility index (Phi) is 3.92. The number of hydrogen-bond acceptors (Lipinski definition) is 4. The van der Waals surface area contributed by atoms with Crippen molar-refractivity contribution in [2.75, 3.05) is 5.73 Å². The highest BCUT2D eigenvalue weighted by atomic mass is 15.1. The highest BCUT2D eigenvalue weighted by molar-refractivity contribution is 5.31. The minimum Gasteiger partial charge on any atom is -0.384 e. The van der Waals surface area contributed by atoms with Crippen molar-refractivity contribution in [1.29, 1.82) is 0 Å². The maximum absolute atomic E-state index is 5.78. The lowest BCUT2D eigenvalue weighted by molar-refractivity contribution is 0.644. The Morgan fingerprint density at radius 1 is 1.28 bits per heavy atom. The lowest BCUT2D eigenvalue weighted by Crippen LogP contribution is -2.07. The maximum Gasteiger partial charge on any atom is 0.130 e. The fraction of sp³-hybridized carbons (Fsp3) is 0.462. The van der Waals surface area contributed by atoms with Gasteiger partial charge in [-0.15, -0.1) is 0 Å². The standard InChI is InChI=1S/C13H19N5/c1-3-6-18-7-5-15-13(18)9-10-8-11(14)17-12(4-2)16-10/h5,7-8H,3-4,6,9H2,1-2H3,(H2,14,16,17). The summed E-state index contributed by atoms with van der Waals surface area (Å²) in [7, 11) is 0. The Balaban J connectivity index is 2.22. The van der Waals surface area contributed by atoms with Crippen molar-refractivity contribution in [3.8, 4) is 0 Å². The Hall–Kier alpha value is -1.91. The van der Waals surface area contributed by atoms with E-state index in [4.69, 9.17) is 5.73 Å². The van der Waals surface area contributed by atoms with Crippen LogP contribution in [0, 0.1) is 0 Å². The summed E-state index contributed by atoms with van der Waals surface area (Å²) in [6.45, 7) is 5.16. The molecule has 0 saturated carbocycles. The smallest absolute Gasteiger partial charge is 0.130 e. The molecule has 5 heteroatoms. The molecular weight excluding hydrogens is 226 g/mol. The third-order valence-corrected chi connectivity index (χ3v) is 2.77. The van der Waals surface area contributed by atoms with Crippen molar-refractivity contribution in [3.05, 3.63) is 35.8 Å². The summed E-state index contributed by atoms with van der Waals surface area (Å²) < 4.78 is 2.16. The Morgan fingerprint density at radius 3 is 2.83 bits per heavy atom. The minimum absolute atomic E-state index is 0.533. The number of nitrogen functional groups attached to an aromatic ring is 1. The van der Waals surface area contributed by atoms with E-state index in [9.17, 15) is 0 Å². The number of rotatable bonds is 5. The van der Waals surface area contributed by atoms with Gasteiger partial charge in [0.25, 0.3) is 0 Å². The maximum atomic E-state index is 5.78. The molecule has 0 fully saturated rings. The van der Waals surface area contributed by atoms with Crippen molar-refractivity contribution in [2.45, 2.75) is 39.7 Å². The van der Waals surface area contributed by atoms with E-state index in [0.717, 1.165) is 36.7 Å². The van der Waals surface area contributed by atoms with E-state index in [1.165, 1.54) is 0 Å². The van der Waals surface area contributed by atoms with Gasteiger partial charge in [-0.25, -0.2) is 15.0 Å². The van der Waals surface area contributed by atoms with Crippen LogP contribution in [0.5, 0.6) is 0 Å². The molecule has 0 radical (unpaired) electrons. The zero-order valence-corrected chi connectivity index (χ0v) is 10.9. The van der Waals surface area contributed by atoms with Crippen LogP contribution in [0.1, 0.15) is 37.6 Å². The molecule has 0 saturated heterocycles. The molecule has 0 unspecified atom stereocenters. The van der Waals surface area contributed by atoms with Crippen LogP contribution < -0.4 is 5.73 Å². The number of hydrogen-bond donors (Lipinski definition) is 1. The van der Waals surface area contributed by atoms with Crippen LogP contribution in [0.15, 0.2) is 18.5 Å². The summed E-state index contributed by atoms with van der Waals surface area (Å²) in [5.41, 5.74) is 6.72. The molecule has 0 atom stereocenters. The zero-order valence-electron chi connectivity index (χ0n) is 10.9. The molecule has 2 aromatic heterocycles. The molecule has 2 rings (SSSR count). The summed E-state index contributed by atoms with van der Waals surface area (Å²) in [6.07, 6.45) is 6.42. The van der Waals surface area contributed by atoms with Gasteiger partial charge in [0.05, 0.1) is 5.69 Å². The van der Waals surface area contributed by atoms with Crippen molar-refractivity contribution < 1.29 is 0 Å². The summed E-state index contributed by atoms with van der Waals surface area (Å²) in [4.78, 5) is 13.0. The predicted octanol–water partition coefficient (Wildman–Crippen LogP) is 1.82. The molecule has 0 amide bonds. The van der Waals surface area contributed by atoms with Gasteiger partial charge in [-0.3, -0.25) is 0 Å². The first kappa shape index (κ1) is 12.5. The normalized spacial score (nSPS) is 10.8. The second-order valence-corrected chi connectivity index (χ2v) is 4.27. The van der Waals surface area contributed by atoms with Gasteiger partial charge >= 0.3 is 0 Å². The van der Waals surface area contributed by atoms with Crippen molar-refractivity contribution in [2.24, 2.45) is 0 Å². The molecule has 0 aliphatic carbocycles. The summed E-state index contributed by atoms with van der Waals surface area (Å²) in [5.74, 6) is 2.35. The number of aromatic nitrogens is 4. The molecule has 0 aliphatic heterocycles. The highest BCUT2D eigenvalue weighted by Crippen LogP contribution is 2.10. The third-order valence-electron chi connectivity index (χ3n) is 2.77. The van der Waals surface area contributed by atoms with E-state index in [2.05, 4.69) is 26.4 Å². The molecule has 2 heterocycles. The molecule has 5 nitrogen and oxygen atoms in total. The highest BCUT2D eigenvalue weighted by Gasteiger charge is 2.07. The van der Waals surface area contributed by atoms with Gasteiger partial charge in [0.15, 0.2) is 0 Å². The van der Waals surface area contributed by atoms with E-state index in [1.54, 1.807) is 0 Å². The average Bonchev–Trinajstić information content (AvgIpc) is 2.76. The van der Waals surface area contributed by atoms with Gasteiger partial charge in [0, 0.05) is 37.8 Å². The Labute approximate surface area is 107 Å². The number of imidazole rings is 1. The van der Waals surface area contributed by atoms with E-state index in [-0.39, 0.29) is 0 Å². The quantitative estimate of drug-likeness (QED) is 0.872. The molecular formula is C13H19N5. The average molecular weight is 245 g/mol. The number of nitrogens with two attached hydrogens (primary N) is 1. The van der Waals surface area contributed by atoms with Crippen LogP contribution in [0.25, 0.3) is 0 Å². The molecule has 96 valence electrons. The van der Waals surface area contributed by atoms with E-state index >= 15 is 0 Å². The van der Waals surface area contributed by atoms with Gasteiger partial charge in [0.2, 0.25) is 0 Å². The summed E-state index contributed by atoms with van der Waals surface area (Å²) >= 11 is 0. The molecule has 0 bridgehead atoms. The second-order valence-electron chi connectivity index (χ2n) is 4.27. The number of aryl methyl sites for hydroxylation is 2. The van der Waals surface area contributed by atoms with Crippen molar-refractivity contribution in [1.82, 2.24) is 19.5 Å². The van der Waals surface area contributed by atoms with Crippen LogP contribution >= 0.6 is 0 Å². The van der Waals surface area contributed by atoms with Crippen molar-refractivity contribution >= 4 is 5.82 Å². The lowest BCUT2D eigenvalue weighted by Gasteiger charge is -2.07. The SMILES string of the molecule is CCCn1ccnc1Cc1cc(N)nc(CC)n1. The molecule has 0 spiro atoms. The minimum atomic E-state index is 0.533. The Morgan fingerprint density at radius 2 is 2.11 bits per heavy atom. The Bertz CT molecular complexity index is 518. The van der Waals surface area contributed by atoms with Crippen LogP contribution in [0.2, 0.25) is 0 Å². The lowest BCUT2D eigenvalue weighted by atomic mass is 10.2. The van der Waals surface area contributed by atoms with Crippen LogP contribution in [0.3, 0.4) is 0 Å². The molecule has 0 aliphatic rings. The van der Waals surface area contributed by atoms with E-state index in [1.807, 2.05) is 25.4 Å². The van der Waals surface area contributed by atoms with E-state index < -0.39 is 0 Å². The van der Waals surface area contributed by atoms with Crippen LogP contribution in [-0.4, -0.2) is 19.5 Å². The predicted molar refractivity (Wildman–Crippen MR) is 71.1 cm³/mol. The zero-order chi connectivity index (χ0) is 13.0. The van der Waals surface area contributed by atoms with Gasteiger partial charge in [-0.2, -0.15) is 0 Å². The van der Waals surface area contributed by atoms with Crippen molar-refractivity contribution in [3.63, 3.8) is 0 Å². The second kappa shape index (κ2) is 5.62. The van der Waals surface area contributed by atoms with Crippen LogP contribution in [0.4, 0.5) is 5.82 Å². The topological polar surface area (TPSA) is 69.6 Å². The summed E-state index contributed by atoms with van der Waals surface area (Å²) in [5, 5.41) is 0. The monoisotopic (exact) mass is 245 g/mol. The van der Waals surface area contributed by atoms with Gasteiger partial charge in [-0.1, -0.05) is 13.8 Å².